The summed E-state index contributed by atoms with van der Waals surface area (Å²) >= 11 is 0. The topological polar surface area (TPSA) is 84.3 Å². The summed E-state index contributed by atoms with van der Waals surface area (Å²) in [5.74, 6) is 0.0746. The first kappa shape index (κ1) is 21.2. The number of nitrogens with zero attached hydrogens (tertiary/aromatic N) is 2. The van der Waals surface area contributed by atoms with E-state index in [1.54, 1.807) is 73.3 Å². The third-order valence-electron chi connectivity index (χ3n) is 5.38. The van der Waals surface area contributed by atoms with Gasteiger partial charge < -0.3 is 15.2 Å². The number of rotatable bonds is 7. The minimum Gasteiger partial charge on any atom is -0.496 e. The number of aliphatic hydroxyl groups is 1. The van der Waals surface area contributed by atoms with Crippen molar-refractivity contribution in [3.63, 3.8) is 0 Å². The highest BCUT2D eigenvalue weighted by Gasteiger charge is 2.43. The summed E-state index contributed by atoms with van der Waals surface area (Å²) in [6.45, 7) is 0. The lowest BCUT2D eigenvalue weighted by Gasteiger charge is -2.37. The number of pyridine rings is 2. The van der Waals surface area contributed by atoms with Crippen molar-refractivity contribution in [2.24, 2.45) is 0 Å². The molecule has 0 spiro atoms. The van der Waals surface area contributed by atoms with Gasteiger partial charge in [-0.2, -0.15) is 0 Å². The first-order chi connectivity index (χ1) is 15.6. The van der Waals surface area contributed by atoms with Crippen LogP contribution in [-0.2, 0) is 5.60 Å². The Balaban J connectivity index is 1.87. The Morgan fingerprint density at radius 3 is 2.03 bits per heavy atom. The maximum Gasteiger partial charge on any atom is 0.255 e. The number of carbonyl (C=O) groups excluding carboxylic acids is 1. The van der Waals surface area contributed by atoms with E-state index >= 15 is 0 Å². The normalized spacial score (nSPS) is 12.1. The lowest BCUT2D eigenvalue weighted by Crippen LogP contribution is -2.45. The van der Waals surface area contributed by atoms with Gasteiger partial charge >= 0.3 is 0 Å². The number of hydrogen-bond acceptors (Lipinski definition) is 5. The highest BCUT2D eigenvalue weighted by molar-refractivity contribution is 5.97. The predicted molar refractivity (Wildman–Crippen MR) is 121 cm³/mol. The molecule has 6 heteroatoms. The fraction of sp³-hybridized carbons (Fsp3) is 0.115. The van der Waals surface area contributed by atoms with Crippen LogP contribution in [0.25, 0.3) is 0 Å². The Labute approximate surface area is 186 Å². The number of nitrogens with one attached hydrogen (secondary N) is 1. The molecule has 2 heterocycles. The molecular weight excluding hydrogens is 402 g/mol. The van der Waals surface area contributed by atoms with Gasteiger partial charge in [0.15, 0.2) is 0 Å². The number of benzene rings is 2. The van der Waals surface area contributed by atoms with Crippen molar-refractivity contribution >= 4 is 5.91 Å². The first-order valence-electron chi connectivity index (χ1n) is 10.2. The van der Waals surface area contributed by atoms with Crippen LogP contribution in [0, 0.1) is 0 Å². The fourth-order valence-electron chi connectivity index (χ4n) is 3.79. The molecule has 1 atom stereocenters. The van der Waals surface area contributed by atoms with Crippen molar-refractivity contribution in [2.45, 2.75) is 11.6 Å². The average molecular weight is 425 g/mol. The predicted octanol–water partition coefficient (Wildman–Crippen LogP) is 3.89. The zero-order valence-electron chi connectivity index (χ0n) is 17.6. The Morgan fingerprint density at radius 1 is 0.875 bits per heavy atom. The minimum absolute atomic E-state index is 0.371. The minimum atomic E-state index is -1.64. The number of para-hydroxylation sites is 1. The second-order valence-electron chi connectivity index (χ2n) is 7.27. The van der Waals surface area contributed by atoms with Gasteiger partial charge in [-0.25, -0.2) is 0 Å². The molecule has 4 rings (SSSR count). The Morgan fingerprint density at radius 2 is 1.47 bits per heavy atom. The summed E-state index contributed by atoms with van der Waals surface area (Å²) in [4.78, 5) is 21.8. The number of methoxy groups -OCH3 is 1. The molecule has 6 nitrogen and oxygen atoms in total. The van der Waals surface area contributed by atoms with Crippen molar-refractivity contribution in [1.29, 1.82) is 0 Å². The van der Waals surface area contributed by atoms with Gasteiger partial charge in [-0.3, -0.25) is 14.8 Å². The van der Waals surface area contributed by atoms with Crippen LogP contribution in [0.4, 0.5) is 0 Å². The zero-order valence-corrected chi connectivity index (χ0v) is 17.6. The fourth-order valence-corrected chi connectivity index (χ4v) is 3.79. The van der Waals surface area contributed by atoms with Crippen molar-refractivity contribution in [1.82, 2.24) is 15.3 Å². The molecule has 0 aliphatic carbocycles. The second kappa shape index (κ2) is 9.41. The SMILES string of the molecule is COc1ccccc1C(=O)NC(c1ccccc1)C(O)(c1cccnc1)c1cccnc1. The number of amides is 1. The number of aromatic nitrogens is 2. The van der Waals surface area contributed by atoms with Crippen LogP contribution >= 0.6 is 0 Å². The Hall–Kier alpha value is -4.03. The lowest BCUT2D eigenvalue weighted by atomic mass is 9.78. The highest BCUT2D eigenvalue weighted by atomic mass is 16.5. The summed E-state index contributed by atoms with van der Waals surface area (Å²) in [6.07, 6.45) is 6.46. The summed E-state index contributed by atoms with van der Waals surface area (Å²) in [7, 11) is 1.52. The van der Waals surface area contributed by atoms with Crippen LogP contribution in [0.15, 0.2) is 104 Å². The summed E-state index contributed by atoms with van der Waals surface area (Å²) in [5.41, 5.74) is 0.521. The van der Waals surface area contributed by atoms with E-state index in [1.807, 2.05) is 30.3 Å². The van der Waals surface area contributed by atoms with E-state index in [0.29, 0.717) is 22.4 Å². The van der Waals surface area contributed by atoms with Gasteiger partial charge in [0.1, 0.15) is 11.4 Å². The smallest absolute Gasteiger partial charge is 0.255 e. The standard InChI is InChI=1S/C26H23N3O3/c1-32-23-14-6-5-13-22(23)25(30)29-24(19-9-3-2-4-10-19)26(31,20-11-7-15-27-17-20)21-12-8-16-28-18-21/h2-18,24,31H,1H3,(H,29,30). The van der Waals surface area contributed by atoms with Gasteiger partial charge in [-0.05, 0) is 29.8 Å². The van der Waals surface area contributed by atoms with Crippen molar-refractivity contribution < 1.29 is 14.6 Å². The largest absolute Gasteiger partial charge is 0.496 e. The zero-order chi connectivity index (χ0) is 22.4. The molecule has 0 bridgehead atoms. The van der Waals surface area contributed by atoms with Crippen LogP contribution < -0.4 is 10.1 Å². The van der Waals surface area contributed by atoms with E-state index in [2.05, 4.69) is 15.3 Å². The van der Waals surface area contributed by atoms with E-state index in [-0.39, 0.29) is 5.91 Å². The third kappa shape index (κ3) is 4.08. The van der Waals surface area contributed by atoms with Gasteiger partial charge in [-0.15, -0.1) is 0 Å². The first-order valence-corrected chi connectivity index (χ1v) is 10.2. The maximum absolute atomic E-state index is 13.4. The quantitative estimate of drug-likeness (QED) is 0.469. The Bertz CT molecular complexity index is 1130. The molecule has 2 aromatic heterocycles. The molecule has 32 heavy (non-hydrogen) atoms. The van der Waals surface area contributed by atoms with E-state index in [0.717, 1.165) is 5.56 Å². The van der Waals surface area contributed by atoms with Crippen LogP contribution in [0.1, 0.15) is 33.1 Å². The average Bonchev–Trinajstić information content (AvgIpc) is 2.88. The van der Waals surface area contributed by atoms with Crippen molar-refractivity contribution in [2.75, 3.05) is 7.11 Å². The molecule has 0 aliphatic rings. The maximum atomic E-state index is 13.4. The van der Waals surface area contributed by atoms with E-state index in [9.17, 15) is 9.90 Å². The van der Waals surface area contributed by atoms with E-state index < -0.39 is 11.6 Å². The van der Waals surface area contributed by atoms with Crippen LogP contribution in [-0.4, -0.2) is 28.1 Å². The molecule has 1 amide bonds. The summed E-state index contributed by atoms with van der Waals surface area (Å²) in [5, 5.41) is 15.3. The van der Waals surface area contributed by atoms with Crippen LogP contribution in [0.3, 0.4) is 0 Å². The van der Waals surface area contributed by atoms with Crippen LogP contribution in [0.5, 0.6) is 5.75 Å². The van der Waals surface area contributed by atoms with Gasteiger partial charge in [0, 0.05) is 35.9 Å². The number of carbonyl (C=O) groups is 1. The molecule has 0 saturated heterocycles. The molecule has 0 saturated carbocycles. The number of hydrogen-bond donors (Lipinski definition) is 2. The lowest BCUT2D eigenvalue weighted by molar-refractivity contribution is 0.0331. The molecule has 2 N–H and O–H groups in total. The van der Waals surface area contributed by atoms with Gasteiger partial charge in [0.05, 0.1) is 18.7 Å². The highest BCUT2D eigenvalue weighted by Crippen LogP contribution is 2.41. The molecular formula is C26H23N3O3. The summed E-state index contributed by atoms with van der Waals surface area (Å²) in [6, 6.07) is 22.5. The molecule has 2 aromatic carbocycles. The van der Waals surface area contributed by atoms with Crippen molar-refractivity contribution in [3.8, 4) is 5.75 Å². The van der Waals surface area contributed by atoms with E-state index in [1.165, 1.54) is 7.11 Å². The van der Waals surface area contributed by atoms with Gasteiger partial charge in [0.25, 0.3) is 5.91 Å². The van der Waals surface area contributed by atoms with E-state index in [4.69, 9.17) is 4.74 Å². The van der Waals surface area contributed by atoms with Gasteiger partial charge in [0.2, 0.25) is 0 Å². The molecule has 0 aliphatic heterocycles. The molecule has 4 aromatic rings. The van der Waals surface area contributed by atoms with Crippen molar-refractivity contribution in [3.05, 3.63) is 126 Å². The van der Waals surface area contributed by atoms with Crippen LogP contribution in [0.2, 0.25) is 0 Å². The molecule has 0 fully saturated rings. The third-order valence-corrected chi connectivity index (χ3v) is 5.38. The Kier molecular flexibility index (Phi) is 6.24. The molecule has 160 valence electrons. The number of ether oxygens (including phenoxy) is 1. The summed E-state index contributed by atoms with van der Waals surface area (Å²) < 4.78 is 5.37. The van der Waals surface area contributed by atoms with Gasteiger partial charge in [-0.1, -0.05) is 54.6 Å². The molecule has 0 radical (unpaired) electrons. The monoisotopic (exact) mass is 425 g/mol. The second-order valence-corrected chi connectivity index (χ2v) is 7.27. The molecule has 1 unspecified atom stereocenters.